The number of hydrogen-bond acceptors (Lipinski definition) is 2. The van der Waals surface area contributed by atoms with Crippen molar-refractivity contribution in [3.05, 3.63) is 63.1 Å². The molecular formula is C17H17Cl3N2O. The monoisotopic (exact) mass is 370 g/mol. The smallest absolute Gasteiger partial charge is 0.225 e. The first-order valence-electron chi connectivity index (χ1n) is 7.24. The van der Waals surface area contributed by atoms with Crippen molar-refractivity contribution in [3.8, 4) is 0 Å². The van der Waals surface area contributed by atoms with E-state index < -0.39 is 0 Å². The fraction of sp³-hybridized carbons (Fsp3) is 0.235. The van der Waals surface area contributed by atoms with Crippen molar-refractivity contribution in [2.75, 3.05) is 18.4 Å². The van der Waals surface area contributed by atoms with Crippen LogP contribution in [-0.2, 0) is 11.2 Å². The van der Waals surface area contributed by atoms with Crippen LogP contribution in [0.25, 0.3) is 0 Å². The molecule has 0 fully saturated rings. The maximum Gasteiger partial charge on any atom is 0.225 e. The van der Waals surface area contributed by atoms with Gasteiger partial charge in [0, 0.05) is 23.0 Å². The minimum absolute atomic E-state index is 0.0931. The molecule has 2 N–H and O–H groups in total. The van der Waals surface area contributed by atoms with Crippen LogP contribution >= 0.6 is 34.8 Å². The van der Waals surface area contributed by atoms with E-state index in [9.17, 15) is 4.79 Å². The second-order valence-electron chi connectivity index (χ2n) is 5.05. The molecule has 0 unspecified atom stereocenters. The molecule has 0 aliphatic rings. The highest BCUT2D eigenvalue weighted by Gasteiger charge is 2.06. The van der Waals surface area contributed by atoms with E-state index in [-0.39, 0.29) is 5.91 Å². The van der Waals surface area contributed by atoms with Crippen LogP contribution in [0.4, 0.5) is 5.69 Å². The molecule has 3 nitrogen and oxygen atoms in total. The van der Waals surface area contributed by atoms with Gasteiger partial charge in [-0.05, 0) is 48.9 Å². The van der Waals surface area contributed by atoms with Gasteiger partial charge in [0.1, 0.15) is 0 Å². The van der Waals surface area contributed by atoms with E-state index in [0.29, 0.717) is 28.7 Å². The normalized spacial score (nSPS) is 10.6. The maximum absolute atomic E-state index is 11.9. The summed E-state index contributed by atoms with van der Waals surface area (Å²) in [6, 6.07) is 12.7. The number of anilines is 1. The largest absolute Gasteiger partial charge is 0.325 e. The number of rotatable bonds is 7. The Hall–Kier alpha value is -1.26. The summed E-state index contributed by atoms with van der Waals surface area (Å²) in [6.07, 6.45) is 1.24. The first kappa shape index (κ1) is 18.1. The summed E-state index contributed by atoms with van der Waals surface area (Å²) in [5.74, 6) is -0.0931. The highest BCUT2D eigenvalue weighted by molar-refractivity contribution is 6.36. The number of nitrogens with one attached hydrogen (secondary N) is 2. The first-order chi connectivity index (χ1) is 11.0. The number of carbonyl (C=O) groups is 1. The number of halogens is 3. The van der Waals surface area contributed by atoms with Gasteiger partial charge in [-0.15, -0.1) is 0 Å². The van der Waals surface area contributed by atoms with Crippen LogP contribution in [0.15, 0.2) is 42.5 Å². The topological polar surface area (TPSA) is 41.1 Å². The number of amides is 1. The Bertz CT molecular complexity index is 677. The number of hydrogen-bond donors (Lipinski definition) is 2. The quantitative estimate of drug-likeness (QED) is 0.686. The second kappa shape index (κ2) is 9.14. The van der Waals surface area contributed by atoms with Gasteiger partial charge in [0.15, 0.2) is 0 Å². The molecule has 0 saturated heterocycles. The third-order valence-corrected chi connectivity index (χ3v) is 4.00. The van der Waals surface area contributed by atoms with E-state index in [1.807, 2.05) is 24.3 Å². The molecule has 0 spiro atoms. The van der Waals surface area contributed by atoms with Crippen LogP contribution in [0.3, 0.4) is 0 Å². The zero-order chi connectivity index (χ0) is 16.7. The molecule has 0 bridgehead atoms. The Kier molecular flexibility index (Phi) is 7.18. The van der Waals surface area contributed by atoms with Crippen molar-refractivity contribution in [2.24, 2.45) is 0 Å². The Morgan fingerprint density at radius 3 is 2.48 bits per heavy atom. The van der Waals surface area contributed by atoms with Crippen LogP contribution in [0.1, 0.15) is 12.0 Å². The molecule has 2 aromatic carbocycles. The van der Waals surface area contributed by atoms with Gasteiger partial charge in [0.2, 0.25) is 5.91 Å². The third-order valence-electron chi connectivity index (χ3n) is 3.21. The molecule has 0 heterocycles. The Balaban J connectivity index is 1.67. The van der Waals surface area contributed by atoms with Gasteiger partial charge in [0.05, 0.1) is 10.7 Å². The van der Waals surface area contributed by atoms with Crippen LogP contribution in [0, 0.1) is 0 Å². The summed E-state index contributed by atoms with van der Waals surface area (Å²) >= 11 is 17.8. The predicted octanol–water partition coefficient (Wildman–Crippen LogP) is 4.81. The SMILES string of the molecule is O=C(CCNCCc1cccc(Cl)c1)Nc1ccc(Cl)cc1Cl. The van der Waals surface area contributed by atoms with Gasteiger partial charge in [-0.2, -0.15) is 0 Å². The van der Waals surface area contributed by atoms with Gasteiger partial charge < -0.3 is 10.6 Å². The van der Waals surface area contributed by atoms with E-state index >= 15 is 0 Å². The highest BCUT2D eigenvalue weighted by Crippen LogP contribution is 2.25. The second-order valence-corrected chi connectivity index (χ2v) is 6.33. The summed E-state index contributed by atoms with van der Waals surface area (Å²) in [5, 5.41) is 7.71. The van der Waals surface area contributed by atoms with Crippen molar-refractivity contribution in [3.63, 3.8) is 0 Å². The lowest BCUT2D eigenvalue weighted by Crippen LogP contribution is -2.23. The summed E-state index contributed by atoms with van der Waals surface area (Å²) in [4.78, 5) is 11.9. The minimum atomic E-state index is -0.0931. The first-order valence-corrected chi connectivity index (χ1v) is 8.38. The van der Waals surface area contributed by atoms with E-state index in [1.54, 1.807) is 18.2 Å². The molecule has 0 aliphatic heterocycles. The number of benzene rings is 2. The summed E-state index contributed by atoms with van der Waals surface area (Å²) in [5.41, 5.74) is 1.74. The molecule has 23 heavy (non-hydrogen) atoms. The van der Waals surface area contributed by atoms with Crippen LogP contribution in [0.2, 0.25) is 15.1 Å². The summed E-state index contributed by atoms with van der Waals surface area (Å²) in [6.45, 7) is 1.38. The Morgan fingerprint density at radius 2 is 1.74 bits per heavy atom. The van der Waals surface area contributed by atoms with E-state index in [1.165, 1.54) is 5.56 Å². The van der Waals surface area contributed by atoms with Gasteiger partial charge in [-0.3, -0.25) is 4.79 Å². The molecular weight excluding hydrogens is 355 g/mol. The molecule has 0 aromatic heterocycles. The predicted molar refractivity (Wildman–Crippen MR) is 97.7 cm³/mol. The van der Waals surface area contributed by atoms with Gasteiger partial charge in [-0.1, -0.05) is 46.9 Å². The average Bonchev–Trinajstić information content (AvgIpc) is 2.50. The van der Waals surface area contributed by atoms with Crippen LogP contribution in [-0.4, -0.2) is 19.0 Å². The van der Waals surface area contributed by atoms with Crippen molar-refractivity contribution in [1.29, 1.82) is 0 Å². The van der Waals surface area contributed by atoms with Crippen molar-refractivity contribution in [2.45, 2.75) is 12.8 Å². The number of carbonyl (C=O) groups excluding carboxylic acids is 1. The van der Waals surface area contributed by atoms with E-state index in [2.05, 4.69) is 10.6 Å². The lowest BCUT2D eigenvalue weighted by Gasteiger charge is -2.08. The van der Waals surface area contributed by atoms with Crippen molar-refractivity contribution in [1.82, 2.24) is 5.32 Å². The molecule has 0 radical (unpaired) electrons. The van der Waals surface area contributed by atoms with Gasteiger partial charge in [0.25, 0.3) is 0 Å². The van der Waals surface area contributed by atoms with Crippen LogP contribution in [0.5, 0.6) is 0 Å². The molecule has 122 valence electrons. The highest BCUT2D eigenvalue weighted by atomic mass is 35.5. The maximum atomic E-state index is 11.9. The molecule has 2 rings (SSSR count). The summed E-state index contributed by atoms with van der Waals surface area (Å²) < 4.78 is 0. The molecule has 6 heteroatoms. The summed E-state index contributed by atoms with van der Waals surface area (Å²) in [7, 11) is 0. The molecule has 0 atom stereocenters. The van der Waals surface area contributed by atoms with Crippen LogP contribution < -0.4 is 10.6 Å². The van der Waals surface area contributed by atoms with Gasteiger partial charge in [-0.25, -0.2) is 0 Å². The lowest BCUT2D eigenvalue weighted by atomic mass is 10.1. The lowest BCUT2D eigenvalue weighted by molar-refractivity contribution is -0.116. The molecule has 0 saturated carbocycles. The fourth-order valence-electron chi connectivity index (χ4n) is 2.06. The zero-order valence-corrected chi connectivity index (χ0v) is 14.7. The van der Waals surface area contributed by atoms with E-state index in [0.717, 1.165) is 18.0 Å². The standard InChI is InChI=1S/C17H17Cl3N2O/c18-13-3-1-2-12(10-13)6-8-21-9-7-17(23)22-16-5-4-14(19)11-15(16)20/h1-5,10-11,21H,6-9H2,(H,22,23). The molecule has 0 aliphatic carbocycles. The third kappa shape index (κ3) is 6.40. The van der Waals surface area contributed by atoms with E-state index in [4.69, 9.17) is 34.8 Å². The molecule has 2 aromatic rings. The average molecular weight is 372 g/mol. The Morgan fingerprint density at radius 1 is 0.957 bits per heavy atom. The fourth-order valence-corrected chi connectivity index (χ4v) is 2.72. The van der Waals surface area contributed by atoms with Crippen molar-refractivity contribution >= 4 is 46.4 Å². The van der Waals surface area contributed by atoms with Crippen molar-refractivity contribution < 1.29 is 4.79 Å². The minimum Gasteiger partial charge on any atom is -0.325 e. The molecule has 1 amide bonds. The Labute approximate surface area is 150 Å². The van der Waals surface area contributed by atoms with Gasteiger partial charge >= 0.3 is 0 Å². The zero-order valence-electron chi connectivity index (χ0n) is 12.4.